The number of hydrogen-bond acceptors (Lipinski definition) is 4. The van der Waals surface area contributed by atoms with Crippen LogP contribution >= 0.6 is 0 Å². The van der Waals surface area contributed by atoms with Gasteiger partial charge < -0.3 is 14.9 Å². The molecule has 2 N–H and O–H groups in total. The lowest BCUT2D eigenvalue weighted by Crippen LogP contribution is -2.29. The number of nitrogens with one attached hydrogen (secondary N) is 1. The number of aromatic nitrogens is 1. The SMILES string of the molecule is Cc1cc(C(=O)NC[C@@H](C)CC(=O)O)no1. The summed E-state index contributed by atoms with van der Waals surface area (Å²) in [5, 5.41) is 14.7. The molecule has 0 aliphatic rings. The fourth-order valence-electron chi connectivity index (χ4n) is 1.20. The molecule has 0 bridgehead atoms. The Kier molecular flexibility index (Phi) is 4.04. The Labute approximate surface area is 92.6 Å². The predicted molar refractivity (Wildman–Crippen MR) is 55.0 cm³/mol. The molecule has 0 aliphatic carbocycles. The molecule has 88 valence electrons. The number of carbonyl (C=O) groups is 2. The zero-order chi connectivity index (χ0) is 12.1. The molecule has 1 amide bonds. The van der Waals surface area contributed by atoms with Crippen molar-refractivity contribution in [2.45, 2.75) is 20.3 Å². The third-order valence-corrected chi connectivity index (χ3v) is 1.99. The Bertz CT molecular complexity index is 386. The first kappa shape index (κ1) is 12.2. The van der Waals surface area contributed by atoms with Crippen LogP contribution in [-0.4, -0.2) is 28.7 Å². The highest BCUT2D eigenvalue weighted by Gasteiger charge is 2.13. The van der Waals surface area contributed by atoms with Crippen molar-refractivity contribution in [2.75, 3.05) is 6.54 Å². The highest BCUT2D eigenvalue weighted by Crippen LogP contribution is 2.03. The summed E-state index contributed by atoms with van der Waals surface area (Å²) >= 11 is 0. The summed E-state index contributed by atoms with van der Waals surface area (Å²) in [7, 11) is 0. The summed E-state index contributed by atoms with van der Waals surface area (Å²) in [5.41, 5.74) is 0.208. The van der Waals surface area contributed by atoms with Crippen molar-refractivity contribution in [2.24, 2.45) is 5.92 Å². The molecule has 1 atom stereocenters. The zero-order valence-corrected chi connectivity index (χ0v) is 9.19. The van der Waals surface area contributed by atoms with Crippen LogP contribution in [-0.2, 0) is 4.79 Å². The highest BCUT2D eigenvalue weighted by molar-refractivity contribution is 5.92. The lowest BCUT2D eigenvalue weighted by atomic mass is 10.1. The molecule has 6 heteroatoms. The molecule has 0 saturated carbocycles. The van der Waals surface area contributed by atoms with Gasteiger partial charge in [0.15, 0.2) is 5.69 Å². The Morgan fingerprint density at radius 1 is 1.62 bits per heavy atom. The largest absolute Gasteiger partial charge is 0.481 e. The third-order valence-electron chi connectivity index (χ3n) is 1.99. The summed E-state index contributed by atoms with van der Waals surface area (Å²) in [6, 6.07) is 1.52. The predicted octanol–water partition coefficient (Wildman–Crippen LogP) is 0.824. The Hall–Kier alpha value is -1.85. The highest BCUT2D eigenvalue weighted by atomic mass is 16.5. The monoisotopic (exact) mass is 226 g/mol. The molecule has 1 heterocycles. The Morgan fingerprint density at radius 2 is 2.31 bits per heavy atom. The molecule has 0 aromatic carbocycles. The van der Waals surface area contributed by atoms with Crippen molar-refractivity contribution < 1.29 is 19.2 Å². The minimum atomic E-state index is -0.876. The molecule has 0 aliphatic heterocycles. The van der Waals surface area contributed by atoms with Crippen LogP contribution in [0.4, 0.5) is 0 Å². The zero-order valence-electron chi connectivity index (χ0n) is 9.19. The summed E-state index contributed by atoms with van der Waals surface area (Å²) in [6.07, 6.45) is 0.0259. The number of aliphatic carboxylic acids is 1. The number of hydrogen-bond donors (Lipinski definition) is 2. The number of carboxylic acid groups (broad SMARTS) is 1. The lowest BCUT2D eigenvalue weighted by Gasteiger charge is -2.08. The van der Waals surface area contributed by atoms with E-state index in [1.807, 2.05) is 0 Å². The first-order valence-electron chi connectivity index (χ1n) is 4.92. The quantitative estimate of drug-likeness (QED) is 0.775. The van der Waals surface area contributed by atoms with E-state index in [1.54, 1.807) is 13.8 Å². The van der Waals surface area contributed by atoms with Crippen LogP contribution in [0.15, 0.2) is 10.6 Å². The average Bonchev–Trinajstić information content (AvgIpc) is 2.60. The van der Waals surface area contributed by atoms with Gasteiger partial charge in [0, 0.05) is 19.0 Å². The van der Waals surface area contributed by atoms with E-state index < -0.39 is 5.97 Å². The van der Waals surface area contributed by atoms with E-state index in [2.05, 4.69) is 10.5 Å². The summed E-state index contributed by atoms with van der Waals surface area (Å²) in [4.78, 5) is 21.9. The van der Waals surface area contributed by atoms with Crippen molar-refractivity contribution in [3.8, 4) is 0 Å². The van der Waals surface area contributed by atoms with E-state index in [0.717, 1.165) is 0 Å². The second-order valence-electron chi connectivity index (χ2n) is 3.74. The number of carbonyl (C=O) groups excluding carboxylic acids is 1. The lowest BCUT2D eigenvalue weighted by molar-refractivity contribution is -0.137. The van der Waals surface area contributed by atoms with Gasteiger partial charge >= 0.3 is 5.97 Å². The van der Waals surface area contributed by atoms with Crippen molar-refractivity contribution >= 4 is 11.9 Å². The van der Waals surface area contributed by atoms with E-state index in [9.17, 15) is 9.59 Å². The molecule has 1 rings (SSSR count). The van der Waals surface area contributed by atoms with Crippen molar-refractivity contribution in [3.63, 3.8) is 0 Å². The molecule has 0 radical (unpaired) electrons. The number of nitrogens with zero attached hydrogens (tertiary/aromatic N) is 1. The van der Waals surface area contributed by atoms with E-state index in [-0.39, 0.29) is 23.9 Å². The van der Waals surface area contributed by atoms with E-state index >= 15 is 0 Å². The molecular formula is C10H14N2O4. The number of rotatable bonds is 5. The number of aryl methyl sites for hydroxylation is 1. The second-order valence-corrected chi connectivity index (χ2v) is 3.74. The number of amides is 1. The summed E-state index contributed by atoms with van der Waals surface area (Å²) < 4.78 is 4.75. The number of carboxylic acids is 1. The molecule has 16 heavy (non-hydrogen) atoms. The van der Waals surface area contributed by atoms with Crippen LogP contribution in [0, 0.1) is 12.8 Å². The van der Waals surface area contributed by atoms with Gasteiger partial charge in [-0.2, -0.15) is 0 Å². The van der Waals surface area contributed by atoms with Gasteiger partial charge in [0.1, 0.15) is 5.76 Å². The summed E-state index contributed by atoms with van der Waals surface area (Å²) in [6.45, 7) is 3.75. The van der Waals surface area contributed by atoms with E-state index in [0.29, 0.717) is 12.3 Å². The maximum Gasteiger partial charge on any atom is 0.303 e. The normalized spacial score (nSPS) is 12.1. The average molecular weight is 226 g/mol. The minimum absolute atomic E-state index is 0.0259. The van der Waals surface area contributed by atoms with Crippen LogP contribution < -0.4 is 5.32 Å². The van der Waals surface area contributed by atoms with Crippen LogP contribution in [0.25, 0.3) is 0 Å². The Morgan fingerprint density at radius 3 is 2.81 bits per heavy atom. The second kappa shape index (κ2) is 5.29. The first-order valence-corrected chi connectivity index (χ1v) is 4.92. The first-order chi connectivity index (χ1) is 7.49. The smallest absolute Gasteiger partial charge is 0.303 e. The maximum atomic E-state index is 11.5. The van der Waals surface area contributed by atoms with Gasteiger partial charge in [0.25, 0.3) is 5.91 Å². The van der Waals surface area contributed by atoms with Crippen LogP contribution in [0.3, 0.4) is 0 Å². The topological polar surface area (TPSA) is 92.4 Å². The van der Waals surface area contributed by atoms with E-state index in [1.165, 1.54) is 6.07 Å². The minimum Gasteiger partial charge on any atom is -0.481 e. The molecule has 0 spiro atoms. The van der Waals surface area contributed by atoms with Gasteiger partial charge in [-0.15, -0.1) is 0 Å². The molecular weight excluding hydrogens is 212 g/mol. The molecule has 1 aromatic rings. The molecule has 0 saturated heterocycles. The molecule has 0 fully saturated rings. The van der Waals surface area contributed by atoms with Crippen LogP contribution in [0.5, 0.6) is 0 Å². The van der Waals surface area contributed by atoms with Gasteiger partial charge in [-0.3, -0.25) is 9.59 Å². The van der Waals surface area contributed by atoms with Gasteiger partial charge in [-0.25, -0.2) is 0 Å². The fraction of sp³-hybridized carbons (Fsp3) is 0.500. The standard InChI is InChI=1S/C10H14N2O4/c1-6(3-9(13)14)5-11-10(15)8-4-7(2)16-12-8/h4,6H,3,5H2,1-2H3,(H,11,15)(H,13,14)/t6-/m0/s1. The van der Waals surface area contributed by atoms with Crippen molar-refractivity contribution in [1.82, 2.24) is 10.5 Å². The van der Waals surface area contributed by atoms with E-state index in [4.69, 9.17) is 9.63 Å². The maximum absolute atomic E-state index is 11.5. The van der Waals surface area contributed by atoms with Gasteiger partial charge in [-0.1, -0.05) is 12.1 Å². The van der Waals surface area contributed by atoms with Gasteiger partial charge in [0.05, 0.1) is 0 Å². The fourth-order valence-corrected chi connectivity index (χ4v) is 1.20. The van der Waals surface area contributed by atoms with Gasteiger partial charge in [0.2, 0.25) is 0 Å². The van der Waals surface area contributed by atoms with Crippen molar-refractivity contribution in [1.29, 1.82) is 0 Å². The van der Waals surface area contributed by atoms with Crippen LogP contribution in [0.2, 0.25) is 0 Å². The Balaban J connectivity index is 2.38. The summed E-state index contributed by atoms with van der Waals surface area (Å²) in [5.74, 6) is -0.786. The molecule has 6 nitrogen and oxygen atoms in total. The molecule has 0 unspecified atom stereocenters. The third kappa shape index (κ3) is 3.72. The van der Waals surface area contributed by atoms with Gasteiger partial charge in [-0.05, 0) is 12.8 Å². The van der Waals surface area contributed by atoms with Crippen molar-refractivity contribution in [3.05, 3.63) is 17.5 Å². The molecule has 1 aromatic heterocycles. The van der Waals surface area contributed by atoms with Crippen LogP contribution in [0.1, 0.15) is 29.6 Å².